The number of thioether (sulfide) groups is 1. The number of ether oxygens (including phenoxy) is 1. The number of hydrogen-bond donors (Lipinski definition) is 1. The van der Waals surface area contributed by atoms with E-state index in [1.54, 1.807) is 7.11 Å². The smallest absolute Gasteiger partial charge is 0.234 e. The number of aromatic nitrogens is 3. The molecule has 0 unspecified atom stereocenters. The van der Waals surface area contributed by atoms with E-state index in [0.29, 0.717) is 5.16 Å². The summed E-state index contributed by atoms with van der Waals surface area (Å²) in [4.78, 5) is 12.6. The first-order valence-corrected chi connectivity index (χ1v) is 11.6. The van der Waals surface area contributed by atoms with E-state index in [4.69, 9.17) is 4.74 Å². The minimum atomic E-state index is -0.0929. The van der Waals surface area contributed by atoms with Gasteiger partial charge in [0, 0.05) is 16.9 Å². The Morgan fingerprint density at radius 2 is 1.76 bits per heavy atom. The van der Waals surface area contributed by atoms with Gasteiger partial charge < -0.3 is 10.1 Å². The second-order valence-corrected chi connectivity index (χ2v) is 8.79. The highest BCUT2D eigenvalue weighted by Gasteiger charge is 2.18. The number of methoxy groups -OCH3 is 1. The van der Waals surface area contributed by atoms with E-state index in [1.165, 1.54) is 17.3 Å². The molecule has 0 spiro atoms. The van der Waals surface area contributed by atoms with Gasteiger partial charge in [0.15, 0.2) is 11.0 Å². The van der Waals surface area contributed by atoms with Crippen molar-refractivity contribution in [1.29, 1.82) is 0 Å². The van der Waals surface area contributed by atoms with Crippen molar-refractivity contribution in [2.24, 2.45) is 0 Å². The van der Waals surface area contributed by atoms with E-state index in [2.05, 4.69) is 28.5 Å². The molecular formula is C26H26N4O2S. The zero-order valence-electron chi connectivity index (χ0n) is 19.1. The first-order valence-electron chi connectivity index (χ1n) is 10.6. The molecule has 4 aromatic rings. The summed E-state index contributed by atoms with van der Waals surface area (Å²) in [5, 5.41) is 12.5. The lowest BCUT2D eigenvalue weighted by Crippen LogP contribution is -2.14. The maximum atomic E-state index is 12.6. The van der Waals surface area contributed by atoms with E-state index in [1.807, 2.05) is 79.1 Å². The molecule has 0 aliphatic rings. The van der Waals surface area contributed by atoms with Crippen molar-refractivity contribution in [3.05, 3.63) is 83.4 Å². The van der Waals surface area contributed by atoms with E-state index >= 15 is 0 Å². The van der Waals surface area contributed by atoms with Gasteiger partial charge in [0.2, 0.25) is 5.91 Å². The molecular weight excluding hydrogens is 432 g/mol. The Hall–Kier alpha value is -3.58. The fourth-order valence-electron chi connectivity index (χ4n) is 3.44. The third kappa shape index (κ3) is 5.26. The predicted octanol–water partition coefficient (Wildman–Crippen LogP) is 5.60. The molecule has 1 amide bonds. The van der Waals surface area contributed by atoms with Crippen LogP contribution in [0.25, 0.3) is 17.1 Å². The first-order chi connectivity index (χ1) is 15.9. The Morgan fingerprint density at radius 1 is 0.970 bits per heavy atom. The van der Waals surface area contributed by atoms with Gasteiger partial charge in [-0.2, -0.15) is 0 Å². The lowest BCUT2D eigenvalue weighted by molar-refractivity contribution is -0.113. The van der Waals surface area contributed by atoms with Gasteiger partial charge in [-0.05, 0) is 74.4 Å². The normalized spacial score (nSPS) is 10.8. The van der Waals surface area contributed by atoms with Crippen LogP contribution in [0.5, 0.6) is 5.75 Å². The lowest BCUT2D eigenvalue weighted by Gasteiger charge is -2.12. The number of rotatable bonds is 7. The Bertz CT molecular complexity index is 1280. The van der Waals surface area contributed by atoms with Crippen LogP contribution in [-0.4, -0.2) is 33.5 Å². The number of amides is 1. The van der Waals surface area contributed by atoms with Crippen LogP contribution in [0.15, 0.2) is 71.9 Å². The highest BCUT2D eigenvalue weighted by atomic mass is 32.2. The minimum Gasteiger partial charge on any atom is -0.497 e. The van der Waals surface area contributed by atoms with Gasteiger partial charge in [-0.3, -0.25) is 9.36 Å². The summed E-state index contributed by atoms with van der Waals surface area (Å²) < 4.78 is 7.27. The highest BCUT2D eigenvalue weighted by Crippen LogP contribution is 2.29. The van der Waals surface area contributed by atoms with E-state index < -0.39 is 0 Å². The maximum absolute atomic E-state index is 12.6. The van der Waals surface area contributed by atoms with Gasteiger partial charge in [0.1, 0.15) is 5.75 Å². The summed E-state index contributed by atoms with van der Waals surface area (Å²) >= 11 is 1.35. The average Bonchev–Trinajstić information content (AvgIpc) is 3.24. The molecule has 1 N–H and O–H groups in total. The standard InChI is InChI=1S/C26H26N4O2S/c1-17-6-5-7-20(14-17)25-28-29-26(30(25)22-10-12-23(32-4)13-11-22)33-16-24(31)27-21-9-8-18(2)19(3)15-21/h5-15H,16H2,1-4H3,(H,27,31). The Labute approximate surface area is 198 Å². The Morgan fingerprint density at radius 3 is 2.45 bits per heavy atom. The summed E-state index contributed by atoms with van der Waals surface area (Å²) in [5.74, 6) is 1.62. The molecule has 3 aromatic carbocycles. The molecule has 1 heterocycles. The number of benzene rings is 3. The van der Waals surface area contributed by atoms with Crippen LogP contribution in [-0.2, 0) is 4.79 Å². The molecule has 0 radical (unpaired) electrons. The first kappa shape index (κ1) is 22.6. The molecule has 1 aromatic heterocycles. The molecule has 4 rings (SSSR count). The quantitative estimate of drug-likeness (QED) is 0.365. The molecule has 0 atom stereocenters. The van der Waals surface area contributed by atoms with Crippen molar-refractivity contribution in [2.75, 3.05) is 18.2 Å². The largest absolute Gasteiger partial charge is 0.497 e. The SMILES string of the molecule is COc1ccc(-n2c(SCC(=O)Nc3ccc(C)c(C)c3)nnc2-c2cccc(C)c2)cc1. The lowest BCUT2D eigenvalue weighted by atomic mass is 10.1. The number of carbonyl (C=O) groups is 1. The molecule has 0 saturated heterocycles. The van der Waals surface area contributed by atoms with Crippen LogP contribution in [0, 0.1) is 20.8 Å². The monoisotopic (exact) mass is 458 g/mol. The van der Waals surface area contributed by atoms with Crippen LogP contribution < -0.4 is 10.1 Å². The van der Waals surface area contributed by atoms with Crippen LogP contribution in [0.2, 0.25) is 0 Å². The van der Waals surface area contributed by atoms with Crippen LogP contribution >= 0.6 is 11.8 Å². The molecule has 0 fully saturated rings. The number of nitrogens with one attached hydrogen (secondary N) is 1. The predicted molar refractivity (Wildman–Crippen MR) is 133 cm³/mol. The Kier molecular flexibility index (Phi) is 6.79. The topological polar surface area (TPSA) is 69.0 Å². The fraction of sp³-hybridized carbons (Fsp3) is 0.192. The fourth-order valence-corrected chi connectivity index (χ4v) is 4.20. The second kappa shape index (κ2) is 9.92. The molecule has 0 saturated carbocycles. The zero-order valence-corrected chi connectivity index (χ0v) is 19.9. The highest BCUT2D eigenvalue weighted by molar-refractivity contribution is 7.99. The number of anilines is 1. The van der Waals surface area contributed by atoms with E-state index in [9.17, 15) is 4.79 Å². The minimum absolute atomic E-state index is 0.0929. The summed E-state index contributed by atoms with van der Waals surface area (Å²) in [7, 11) is 1.64. The average molecular weight is 459 g/mol. The Balaban J connectivity index is 1.60. The third-order valence-electron chi connectivity index (χ3n) is 5.36. The third-order valence-corrected chi connectivity index (χ3v) is 6.29. The summed E-state index contributed by atoms with van der Waals surface area (Å²) in [6, 6.07) is 21.8. The van der Waals surface area contributed by atoms with E-state index in [0.717, 1.165) is 39.6 Å². The molecule has 168 valence electrons. The summed E-state index contributed by atoms with van der Waals surface area (Å²) in [5.41, 5.74) is 6.12. The van der Waals surface area contributed by atoms with Crippen LogP contribution in [0.1, 0.15) is 16.7 Å². The molecule has 0 aliphatic heterocycles. The van der Waals surface area contributed by atoms with Gasteiger partial charge >= 0.3 is 0 Å². The van der Waals surface area contributed by atoms with Gasteiger partial charge in [0.05, 0.1) is 12.9 Å². The molecule has 33 heavy (non-hydrogen) atoms. The summed E-state index contributed by atoms with van der Waals surface area (Å²) in [6.45, 7) is 6.13. The van der Waals surface area contributed by atoms with Crippen molar-refractivity contribution < 1.29 is 9.53 Å². The molecule has 7 heteroatoms. The molecule has 6 nitrogen and oxygen atoms in total. The van der Waals surface area contributed by atoms with E-state index in [-0.39, 0.29) is 11.7 Å². The molecule has 0 bridgehead atoms. The van der Waals surface area contributed by atoms with Crippen molar-refractivity contribution in [1.82, 2.24) is 14.8 Å². The number of carbonyl (C=O) groups excluding carboxylic acids is 1. The second-order valence-electron chi connectivity index (χ2n) is 7.84. The number of nitrogens with zero attached hydrogens (tertiary/aromatic N) is 3. The van der Waals surface area contributed by atoms with Gasteiger partial charge in [-0.25, -0.2) is 0 Å². The van der Waals surface area contributed by atoms with Gasteiger partial charge in [-0.1, -0.05) is 41.6 Å². The van der Waals surface area contributed by atoms with Crippen molar-refractivity contribution >= 4 is 23.4 Å². The zero-order chi connectivity index (χ0) is 23.4. The number of hydrogen-bond acceptors (Lipinski definition) is 5. The number of aryl methyl sites for hydroxylation is 3. The van der Waals surface area contributed by atoms with Gasteiger partial charge in [-0.15, -0.1) is 10.2 Å². The van der Waals surface area contributed by atoms with Crippen molar-refractivity contribution in [3.63, 3.8) is 0 Å². The van der Waals surface area contributed by atoms with Crippen molar-refractivity contribution in [2.45, 2.75) is 25.9 Å². The molecule has 0 aliphatic carbocycles. The van der Waals surface area contributed by atoms with Crippen LogP contribution in [0.4, 0.5) is 5.69 Å². The maximum Gasteiger partial charge on any atom is 0.234 e. The van der Waals surface area contributed by atoms with Crippen LogP contribution in [0.3, 0.4) is 0 Å². The van der Waals surface area contributed by atoms with Crippen molar-refractivity contribution in [3.8, 4) is 22.8 Å². The van der Waals surface area contributed by atoms with Gasteiger partial charge in [0.25, 0.3) is 0 Å². The summed E-state index contributed by atoms with van der Waals surface area (Å²) in [6.07, 6.45) is 0.